The summed E-state index contributed by atoms with van der Waals surface area (Å²) >= 11 is 1.29. The molecule has 0 saturated carbocycles. The monoisotopic (exact) mass is 468 g/mol. The number of piperidine rings is 1. The normalized spacial score (nSPS) is 16.2. The van der Waals surface area contributed by atoms with E-state index >= 15 is 0 Å². The summed E-state index contributed by atoms with van der Waals surface area (Å²) in [7, 11) is 0. The van der Waals surface area contributed by atoms with Gasteiger partial charge in [0.15, 0.2) is 5.76 Å². The number of nitro benzene ring substituents is 1. The van der Waals surface area contributed by atoms with Gasteiger partial charge in [-0.1, -0.05) is 23.5 Å². The summed E-state index contributed by atoms with van der Waals surface area (Å²) in [4.78, 5) is 30.0. The zero-order valence-electron chi connectivity index (χ0n) is 17.3. The Morgan fingerprint density at radius 2 is 2.00 bits per heavy atom. The first-order valence-electron chi connectivity index (χ1n) is 10.3. The van der Waals surface area contributed by atoms with E-state index in [4.69, 9.17) is 10.2 Å². The van der Waals surface area contributed by atoms with E-state index in [1.165, 1.54) is 34.2 Å². The summed E-state index contributed by atoms with van der Waals surface area (Å²) < 4.78 is 6.71. The van der Waals surface area contributed by atoms with Crippen molar-refractivity contribution in [3.63, 3.8) is 0 Å². The van der Waals surface area contributed by atoms with Crippen LogP contribution in [-0.2, 0) is 4.79 Å². The van der Waals surface area contributed by atoms with Gasteiger partial charge in [0.2, 0.25) is 22.6 Å². The molecule has 0 bridgehead atoms. The molecule has 3 N–H and O–H groups in total. The van der Waals surface area contributed by atoms with Crippen LogP contribution in [0.4, 0.5) is 5.69 Å². The number of primary amides is 1. The second-order valence-electron chi connectivity index (χ2n) is 7.86. The highest BCUT2D eigenvalue weighted by atomic mass is 32.1. The molecule has 4 heterocycles. The molecule has 0 unspecified atom stereocenters. The molecule has 33 heavy (non-hydrogen) atoms. The van der Waals surface area contributed by atoms with Crippen molar-refractivity contribution in [1.29, 1.82) is 0 Å². The van der Waals surface area contributed by atoms with Crippen molar-refractivity contribution in [2.45, 2.75) is 18.9 Å². The standard InChI is InChI=1S/C21H20N6O5S/c22-18(28)13-7-9-25(10-8-13)16(12-3-5-14(6-4-12)27(30)31)17-20(29)26-21(33-17)23-19(24-26)15-2-1-11-32-15/h1-6,11,13,16,29H,7-10H2,(H2,22,28)/t16-/m0/s1. The third-order valence-corrected chi connectivity index (χ3v) is 6.98. The molecule has 1 saturated heterocycles. The lowest BCUT2D eigenvalue weighted by Gasteiger charge is -2.36. The van der Waals surface area contributed by atoms with Crippen LogP contribution in [0.15, 0.2) is 47.1 Å². The number of non-ortho nitro benzene ring substituents is 1. The zero-order valence-corrected chi connectivity index (χ0v) is 18.1. The average molecular weight is 468 g/mol. The average Bonchev–Trinajstić information content (AvgIpc) is 3.54. The number of aromatic nitrogens is 3. The van der Waals surface area contributed by atoms with Crippen LogP contribution in [0.5, 0.6) is 5.88 Å². The summed E-state index contributed by atoms with van der Waals surface area (Å²) in [5.41, 5.74) is 6.25. The lowest BCUT2D eigenvalue weighted by atomic mass is 9.93. The van der Waals surface area contributed by atoms with Crippen LogP contribution >= 0.6 is 11.3 Å². The van der Waals surface area contributed by atoms with Gasteiger partial charge in [-0.2, -0.15) is 9.50 Å². The second-order valence-corrected chi connectivity index (χ2v) is 8.87. The lowest BCUT2D eigenvalue weighted by molar-refractivity contribution is -0.384. The van der Waals surface area contributed by atoms with Gasteiger partial charge in [-0.25, -0.2) is 0 Å². The Morgan fingerprint density at radius 1 is 1.27 bits per heavy atom. The number of fused-ring (bicyclic) bond motifs is 1. The minimum absolute atomic E-state index is 0.0140. The maximum Gasteiger partial charge on any atom is 0.269 e. The second kappa shape index (κ2) is 8.30. The Bertz CT molecular complexity index is 1310. The molecule has 12 heteroatoms. The van der Waals surface area contributed by atoms with Crippen molar-refractivity contribution in [3.8, 4) is 17.5 Å². The molecule has 0 radical (unpaired) electrons. The van der Waals surface area contributed by atoms with E-state index in [2.05, 4.69) is 15.0 Å². The minimum atomic E-state index is -0.450. The summed E-state index contributed by atoms with van der Waals surface area (Å²) in [6.07, 6.45) is 2.72. The number of furan rings is 1. The van der Waals surface area contributed by atoms with E-state index in [-0.39, 0.29) is 29.4 Å². The van der Waals surface area contributed by atoms with Gasteiger partial charge in [0, 0.05) is 18.1 Å². The Labute approximate surface area is 191 Å². The fourth-order valence-corrected chi connectivity index (χ4v) is 5.30. The van der Waals surface area contributed by atoms with Crippen LogP contribution in [0.2, 0.25) is 0 Å². The first-order valence-corrected chi connectivity index (χ1v) is 11.1. The highest BCUT2D eigenvalue weighted by molar-refractivity contribution is 7.17. The van der Waals surface area contributed by atoms with Crippen molar-refractivity contribution in [3.05, 3.63) is 63.2 Å². The Hall–Kier alpha value is -3.77. The highest BCUT2D eigenvalue weighted by Gasteiger charge is 2.33. The number of hydrogen-bond donors (Lipinski definition) is 2. The van der Waals surface area contributed by atoms with Crippen molar-refractivity contribution in [2.75, 3.05) is 13.1 Å². The lowest BCUT2D eigenvalue weighted by Crippen LogP contribution is -2.40. The van der Waals surface area contributed by atoms with Gasteiger partial charge in [-0.15, -0.1) is 5.10 Å². The van der Waals surface area contributed by atoms with Crippen LogP contribution in [-0.4, -0.2) is 48.5 Å². The highest BCUT2D eigenvalue weighted by Crippen LogP contribution is 2.42. The maximum absolute atomic E-state index is 11.6. The molecule has 1 atom stereocenters. The van der Waals surface area contributed by atoms with E-state index < -0.39 is 4.92 Å². The molecule has 1 fully saturated rings. The number of hydrogen-bond acceptors (Lipinski definition) is 9. The maximum atomic E-state index is 11.6. The van der Waals surface area contributed by atoms with Gasteiger partial charge in [0.25, 0.3) is 5.69 Å². The van der Waals surface area contributed by atoms with E-state index in [1.54, 1.807) is 24.3 Å². The molecule has 1 aliphatic rings. The molecule has 1 aliphatic heterocycles. The summed E-state index contributed by atoms with van der Waals surface area (Å²) in [6.45, 7) is 1.17. The van der Waals surface area contributed by atoms with E-state index in [0.29, 0.717) is 47.4 Å². The molecule has 11 nitrogen and oxygen atoms in total. The number of nitrogens with two attached hydrogens (primary N) is 1. The van der Waals surface area contributed by atoms with Crippen LogP contribution in [0.1, 0.15) is 29.3 Å². The SMILES string of the molecule is NC(=O)C1CCN([C@@H](c2ccc([N+](=O)[O-])cc2)c2sc3nc(-c4ccco4)nn3c2O)CC1. The number of thiazole rings is 1. The number of nitro groups is 1. The molecule has 1 aromatic carbocycles. The zero-order chi connectivity index (χ0) is 23.1. The third kappa shape index (κ3) is 3.83. The molecule has 5 rings (SSSR count). The Balaban J connectivity index is 1.54. The smallest absolute Gasteiger partial charge is 0.269 e. The number of rotatable bonds is 6. The summed E-state index contributed by atoms with van der Waals surface area (Å²) in [5.74, 6) is 0.300. The fraction of sp³-hybridized carbons (Fsp3) is 0.286. The van der Waals surface area contributed by atoms with Gasteiger partial charge in [-0.05, 0) is 43.6 Å². The van der Waals surface area contributed by atoms with Gasteiger partial charge < -0.3 is 15.3 Å². The van der Waals surface area contributed by atoms with Crippen molar-refractivity contribution in [2.24, 2.45) is 11.7 Å². The number of nitrogens with zero attached hydrogens (tertiary/aromatic N) is 5. The van der Waals surface area contributed by atoms with Crippen LogP contribution in [0.3, 0.4) is 0 Å². The summed E-state index contributed by atoms with van der Waals surface area (Å²) in [5, 5.41) is 26.6. The fourth-order valence-electron chi connectivity index (χ4n) is 4.19. The third-order valence-electron chi connectivity index (χ3n) is 5.91. The molecule has 3 aromatic heterocycles. The molecule has 4 aromatic rings. The van der Waals surface area contributed by atoms with Crippen molar-refractivity contribution < 1.29 is 19.2 Å². The quantitative estimate of drug-likeness (QED) is 0.323. The first kappa shape index (κ1) is 21.1. The molecule has 170 valence electrons. The summed E-state index contributed by atoms with van der Waals surface area (Å²) in [6, 6.07) is 9.35. The Morgan fingerprint density at radius 3 is 2.58 bits per heavy atom. The van der Waals surface area contributed by atoms with Gasteiger partial charge in [0.1, 0.15) is 0 Å². The number of carbonyl (C=O) groups excluding carboxylic acids is 1. The number of carbonyl (C=O) groups is 1. The number of aromatic hydroxyl groups is 1. The predicted octanol–water partition coefficient (Wildman–Crippen LogP) is 2.95. The first-order chi connectivity index (χ1) is 15.9. The molecule has 0 aliphatic carbocycles. The van der Waals surface area contributed by atoms with Gasteiger partial charge >= 0.3 is 0 Å². The molecular formula is C21H20N6O5S. The van der Waals surface area contributed by atoms with E-state index in [0.717, 1.165) is 5.56 Å². The number of likely N-dealkylation sites (tertiary alicyclic amines) is 1. The van der Waals surface area contributed by atoms with E-state index in [9.17, 15) is 20.0 Å². The topological polar surface area (TPSA) is 153 Å². The molecule has 1 amide bonds. The largest absolute Gasteiger partial charge is 0.492 e. The van der Waals surface area contributed by atoms with E-state index in [1.807, 2.05) is 0 Å². The van der Waals surface area contributed by atoms with Crippen LogP contribution in [0.25, 0.3) is 16.5 Å². The van der Waals surface area contributed by atoms with Crippen LogP contribution < -0.4 is 5.73 Å². The predicted molar refractivity (Wildman–Crippen MR) is 119 cm³/mol. The molecule has 0 spiro atoms. The number of amides is 1. The minimum Gasteiger partial charge on any atom is -0.492 e. The Kier molecular flexibility index (Phi) is 5.30. The number of benzene rings is 1. The van der Waals surface area contributed by atoms with Gasteiger partial charge in [0.05, 0.1) is 22.1 Å². The van der Waals surface area contributed by atoms with Crippen molar-refractivity contribution in [1.82, 2.24) is 19.5 Å². The molecular weight excluding hydrogens is 448 g/mol. The van der Waals surface area contributed by atoms with Crippen LogP contribution in [0, 0.1) is 16.0 Å². The van der Waals surface area contributed by atoms with Gasteiger partial charge in [-0.3, -0.25) is 19.8 Å². The van der Waals surface area contributed by atoms with Crippen molar-refractivity contribution >= 4 is 27.9 Å².